The van der Waals surface area contributed by atoms with Crippen molar-refractivity contribution in [1.82, 2.24) is 0 Å². The number of aliphatic hydroxyl groups is 1. The zero-order valence-electron chi connectivity index (χ0n) is 15.5. The van der Waals surface area contributed by atoms with Crippen LogP contribution in [0.4, 0.5) is 0 Å². The molecule has 0 aromatic rings. The molecular formula is C22H30O4. The van der Waals surface area contributed by atoms with E-state index in [1.54, 1.807) is 24.3 Å². The highest BCUT2D eigenvalue weighted by Gasteiger charge is 2.27. The number of aliphatic carboxylic acids is 1. The lowest BCUT2D eigenvalue weighted by molar-refractivity contribution is -0.136. The number of aliphatic hydroxyl groups excluding tert-OH is 1. The van der Waals surface area contributed by atoms with Gasteiger partial charge in [-0.3, -0.25) is 9.59 Å². The van der Waals surface area contributed by atoms with E-state index in [2.05, 4.69) is 31.2 Å². The van der Waals surface area contributed by atoms with E-state index in [4.69, 9.17) is 5.11 Å². The number of ketones is 1. The molecule has 2 N–H and O–H groups in total. The second kappa shape index (κ2) is 13.1. The van der Waals surface area contributed by atoms with Crippen LogP contribution in [0.5, 0.6) is 0 Å². The van der Waals surface area contributed by atoms with Crippen molar-refractivity contribution in [2.24, 2.45) is 11.8 Å². The van der Waals surface area contributed by atoms with Gasteiger partial charge in [-0.15, -0.1) is 0 Å². The molecule has 0 amide bonds. The van der Waals surface area contributed by atoms with Crippen molar-refractivity contribution in [3.8, 4) is 0 Å². The van der Waals surface area contributed by atoms with Gasteiger partial charge in [-0.05, 0) is 38.2 Å². The first-order chi connectivity index (χ1) is 12.5. The number of hydrogen-bond donors (Lipinski definition) is 2. The van der Waals surface area contributed by atoms with Crippen LogP contribution in [0.25, 0.3) is 0 Å². The first-order valence-corrected chi connectivity index (χ1v) is 9.29. The van der Waals surface area contributed by atoms with Gasteiger partial charge in [0.15, 0.2) is 5.78 Å². The van der Waals surface area contributed by atoms with E-state index >= 15 is 0 Å². The number of carbonyl (C=O) groups is 2. The first-order valence-electron chi connectivity index (χ1n) is 9.29. The lowest BCUT2D eigenvalue weighted by atomic mass is 9.90. The van der Waals surface area contributed by atoms with Crippen molar-refractivity contribution in [3.05, 3.63) is 60.8 Å². The van der Waals surface area contributed by atoms with Crippen molar-refractivity contribution >= 4 is 11.8 Å². The van der Waals surface area contributed by atoms with Crippen LogP contribution >= 0.6 is 0 Å². The molecule has 0 heterocycles. The highest BCUT2D eigenvalue weighted by atomic mass is 16.4. The average molecular weight is 358 g/mol. The molecule has 0 bridgehead atoms. The minimum absolute atomic E-state index is 0.0176. The second-order valence-corrected chi connectivity index (χ2v) is 6.36. The fraction of sp³-hybridized carbons (Fsp3) is 0.455. The van der Waals surface area contributed by atoms with Gasteiger partial charge in [-0.2, -0.15) is 0 Å². The van der Waals surface area contributed by atoms with Crippen molar-refractivity contribution in [1.29, 1.82) is 0 Å². The Labute approximate surface area is 156 Å². The molecule has 3 atom stereocenters. The lowest BCUT2D eigenvalue weighted by Gasteiger charge is -2.13. The predicted molar refractivity (Wildman–Crippen MR) is 105 cm³/mol. The molecule has 0 saturated carbocycles. The standard InChI is InChI=1S/C22H30O4/c1-2-3-4-5-6-9-12-20-18(15-17-21(20)24)14-16-19(23)11-8-7-10-13-22(25)26/h3-4,6-9,14-20,23H,2,5,10-13H2,1H3,(H,25,26)/b4-3-,8-7-,9-6-,16-14+/t18-,19-,20+/m0/s1. The monoisotopic (exact) mass is 358 g/mol. The Morgan fingerprint density at radius 1 is 1.19 bits per heavy atom. The number of carboxylic acids is 1. The fourth-order valence-corrected chi connectivity index (χ4v) is 2.70. The number of hydrogen-bond acceptors (Lipinski definition) is 3. The number of carbonyl (C=O) groups excluding carboxylic acids is 1. The Balaban J connectivity index is 2.41. The maximum atomic E-state index is 12.0. The summed E-state index contributed by atoms with van der Waals surface area (Å²) < 4.78 is 0. The van der Waals surface area contributed by atoms with Crippen molar-refractivity contribution in [2.45, 2.75) is 51.6 Å². The normalized spacial score (nSPS) is 21.8. The number of allylic oxidation sites excluding steroid dienone is 8. The molecular weight excluding hydrogens is 328 g/mol. The largest absolute Gasteiger partial charge is 0.481 e. The molecule has 0 fully saturated rings. The van der Waals surface area contributed by atoms with Crippen LogP contribution in [-0.4, -0.2) is 28.1 Å². The van der Waals surface area contributed by atoms with Crippen molar-refractivity contribution in [3.63, 3.8) is 0 Å². The summed E-state index contributed by atoms with van der Waals surface area (Å²) in [4.78, 5) is 22.4. The van der Waals surface area contributed by atoms with Crippen LogP contribution in [0.1, 0.15) is 45.4 Å². The molecule has 1 aliphatic rings. The highest BCUT2D eigenvalue weighted by Crippen LogP contribution is 2.27. The zero-order chi connectivity index (χ0) is 19.2. The minimum Gasteiger partial charge on any atom is -0.481 e. The third-order valence-electron chi connectivity index (χ3n) is 4.17. The molecule has 142 valence electrons. The highest BCUT2D eigenvalue weighted by molar-refractivity contribution is 5.95. The van der Waals surface area contributed by atoms with Crippen LogP contribution < -0.4 is 0 Å². The van der Waals surface area contributed by atoms with Gasteiger partial charge >= 0.3 is 5.97 Å². The van der Waals surface area contributed by atoms with Gasteiger partial charge in [0, 0.05) is 18.3 Å². The lowest BCUT2D eigenvalue weighted by Crippen LogP contribution is -2.14. The second-order valence-electron chi connectivity index (χ2n) is 6.36. The maximum Gasteiger partial charge on any atom is 0.303 e. The Kier molecular flexibility index (Phi) is 11.0. The van der Waals surface area contributed by atoms with Gasteiger partial charge in [0.2, 0.25) is 0 Å². The molecule has 0 aromatic heterocycles. The third kappa shape index (κ3) is 9.33. The van der Waals surface area contributed by atoms with Gasteiger partial charge < -0.3 is 10.2 Å². The summed E-state index contributed by atoms with van der Waals surface area (Å²) in [6, 6.07) is 0. The summed E-state index contributed by atoms with van der Waals surface area (Å²) >= 11 is 0. The topological polar surface area (TPSA) is 74.6 Å². The molecule has 1 rings (SSSR count). The average Bonchev–Trinajstić information content (AvgIpc) is 2.95. The molecule has 0 saturated heterocycles. The van der Waals surface area contributed by atoms with Gasteiger partial charge in [0.1, 0.15) is 0 Å². The Morgan fingerprint density at radius 2 is 1.96 bits per heavy atom. The van der Waals surface area contributed by atoms with E-state index in [1.807, 2.05) is 12.2 Å². The molecule has 1 aliphatic carbocycles. The molecule has 26 heavy (non-hydrogen) atoms. The van der Waals surface area contributed by atoms with E-state index < -0.39 is 12.1 Å². The minimum atomic E-state index is -0.825. The predicted octanol–water partition coefficient (Wildman–Crippen LogP) is 4.39. The SMILES string of the molecule is CC/C=C\C/C=C\C[C@H]1C(=O)C=C[C@@H]1/C=C/[C@@H](O)C/C=C\CCC(=O)O. The van der Waals surface area contributed by atoms with E-state index in [0.29, 0.717) is 19.3 Å². The fourth-order valence-electron chi connectivity index (χ4n) is 2.70. The van der Waals surface area contributed by atoms with Crippen LogP contribution in [0, 0.1) is 11.8 Å². The zero-order valence-corrected chi connectivity index (χ0v) is 15.5. The van der Waals surface area contributed by atoms with Crippen LogP contribution in [-0.2, 0) is 9.59 Å². The first kappa shape index (κ1) is 21.8. The third-order valence-corrected chi connectivity index (χ3v) is 4.17. The van der Waals surface area contributed by atoms with Crippen molar-refractivity contribution in [2.75, 3.05) is 0 Å². The summed E-state index contributed by atoms with van der Waals surface area (Å²) in [7, 11) is 0. The summed E-state index contributed by atoms with van der Waals surface area (Å²) in [5.41, 5.74) is 0. The number of rotatable bonds is 12. The van der Waals surface area contributed by atoms with Crippen LogP contribution in [0.3, 0.4) is 0 Å². The van der Waals surface area contributed by atoms with Gasteiger partial charge in [-0.25, -0.2) is 0 Å². The summed E-state index contributed by atoms with van der Waals surface area (Å²) in [6.45, 7) is 2.10. The molecule has 0 spiro atoms. The molecule has 4 nitrogen and oxygen atoms in total. The molecule has 0 unspecified atom stereocenters. The summed E-state index contributed by atoms with van der Waals surface area (Å²) in [6.07, 6.45) is 22.0. The van der Waals surface area contributed by atoms with Gasteiger partial charge in [0.25, 0.3) is 0 Å². The molecule has 0 radical (unpaired) electrons. The smallest absolute Gasteiger partial charge is 0.303 e. The summed E-state index contributed by atoms with van der Waals surface area (Å²) in [5, 5.41) is 18.5. The van der Waals surface area contributed by atoms with Crippen LogP contribution in [0.15, 0.2) is 60.8 Å². The molecule has 0 aliphatic heterocycles. The summed E-state index contributed by atoms with van der Waals surface area (Å²) in [5.74, 6) is -0.759. The van der Waals surface area contributed by atoms with Crippen LogP contribution in [0.2, 0.25) is 0 Å². The quantitative estimate of drug-likeness (QED) is 0.507. The van der Waals surface area contributed by atoms with E-state index in [1.165, 1.54) is 0 Å². The maximum absolute atomic E-state index is 12.0. The van der Waals surface area contributed by atoms with Gasteiger partial charge in [-0.1, -0.05) is 61.6 Å². The van der Waals surface area contributed by atoms with E-state index in [0.717, 1.165) is 12.8 Å². The Bertz CT molecular complexity index is 581. The number of carboxylic acid groups (broad SMARTS) is 1. The van der Waals surface area contributed by atoms with Crippen molar-refractivity contribution < 1.29 is 19.8 Å². The Morgan fingerprint density at radius 3 is 2.69 bits per heavy atom. The van der Waals surface area contributed by atoms with E-state index in [-0.39, 0.29) is 24.0 Å². The van der Waals surface area contributed by atoms with E-state index in [9.17, 15) is 14.7 Å². The van der Waals surface area contributed by atoms with Gasteiger partial charge in [0.05, 0.1) is 6.10 Å². The molecule has 0 aromatic carbocycles. The Hall–Kier alpha value is -2.20. The molecule has 4 heteroatoms.